The van der Waals surface area contributed by atoms with E-state index in [-0.39, 0.29) is 11.7 Å². The lowest BCUT2D eigenvalue weighted by molar-refractivity contribution is 0.102. The van der Waals surface area contributed by atoms with Crippen LogP contribution >= 0.6 is 22.7 Å². The summed E-state index contributed by atoms with van der Waals surface area (Å²) < 4.78 is 0. The minimum Gasteiger partial charge on any atom is -0.506 e. The van der Waals surface area contributed by atoms with Gasteiger partial charge in [-0.1, -0.05) is 6.07 Å². The molecule has 8 heteroatoms. The topological polar surface area (TPSA) is 90.9 Å². The van der Waals surface area contributed by atoms with Crippen LogP contribution in [0.4, 0.5) is 5.13 Å². The van der Waals surface area contributed by atoms with Gasteiger partial charge in [-0.3, -0.25) is 10.1 Å². The number of imidazole rings is 1. The Morgan fingerprint density at radius 3 is 2.87 bits per heavy atom. The molecule has 0 saturated heterocycles. The normalized spacial score (nSPS) is 11.0. The van der Waals surface area contributed by atoms with Gasteiger partial charge in [0.1, 0.15) is 22.6 Å². The molecule has 0 spiro atoms. The van der Waals surface area contributed by atoms with Crippen molar-refractivity contribution < 1.29 is 9.90 Å². The summed E-state index contributed by atoms with van der Waals surface area (Å²) in [5.41, 5.74) is 1.26. The highest BCUT2D eigenvalue weighted by atomic mass is 32.1. The molecule has 0 saturated carbocycles. The van der Waals surface area contributed by atoms with Crippen molar-refractivity contribution in [3.8, 4) is 16.5 Å². The number of carbonyl (C=O) groups excluding carboxylic acids is 1. The number of anilines is 1. The molecule has 0 fully saturated rings. The van der Waals surface area contributed by atoms with Gasteiger partial charge in [-0.15, -0.1) is 22.7 Å². The minimum absolute atomic E-state index is 0.0566. The van der Waals surface area contributed by atoms with E-state index >= 15 is 0 Å². The lowest BCUT2D eigenvalue weighted by Gasteiger charge is -2.03. The predicted octanol–water partition coefficient (Wildman–Crippen LogP) is 3.71. The fourth-order valence-electron chi connectivity index (χ4n) is 2.24. The van der Waals surface area contributed by atoms with E-state index in [1.54, 1.807) is 17.6 Å². The molecule has 0 bridgehead atoms. The molecule has 0 aliphatic rings. The van der Waals surface area contributed by atoms with Gasteiger partial charge in [0.15, 0.2) is 5.13 Å². The number of aromatic hydroxyl groups is 1. The van der Waals surface area contributed by atoms with Crippen molar-refractivity contribution in [1.29, 1.82) is 0 Å². The number of aromatic amines is 1. The number of H-pyrrole nitrogens is 1. The molecule has 0 radical (unpaired) electrons. The first kappa shape index (κ1) is 13.9. The number of fused-ring (bicyclic) bond motifs is 1. The lowest BCUT2D eigenvalue weighted by atomic mass is 10.1. The molecule has 4 aromatic rings. The standard InChI is InChI=1S/C15H10N4O2S2/c20-9-4-3-8(14(21)19-15-16-5-7-23-15)11-12(9)18-13(17-11)10-2-1-6-22-10/h1-7,20H,(H,17,18)(H,16,19,21). The molecule has 3 N–H and O–H groups in total. The fraction of sp³-hybridized carbons (Fsp3) is 0. The van der Waals surface area contributed by atoms with E-state index in [4.69, 9.17) is 0 Å². The zero-order valence-electron chi connectivity index (χ0n) is 11.6. The number of carbonyl (C=O) groups is 1. The molecule has 6 nitrogen and oxygen atoms in total. The van der Waals surface area contributed by atoms with Crippen LogP contribution in [-0.2, 0) is 0 Å². The van der Waals surface area contributed by atoms with Crippen LogP contribution in [0.5, 0.6) is 5.75 Å². The Bertz CT molecular complexity index is 975. The molecule has 0 atom stereocenters. The zero-order valence-corrected chi connectivity index (χ0v) is 13.2. The van der Waals surface area contributed by atoms with E-state index in [2.05, 4.69) is 20.3 Å². The van der Waals surface area contributed by atoms with Crippen molar-refractivity contribution in [1.82, 2.24) is 15.0 Å². The molecule has 114 valence electrons. The summed E-state index contributed by atoms with van der Waals surface area (Å²) in [5, 5.41) is 17.0. The molecule has 3 heterocycles. The van der Waals surface area contributed by atoms with Gasteiger partial charge in [0.2, 0.25) is 0 Å². The average Bonchev–Trinajstić information content (AvgIpc) is 3.28. The third-order valence-electron chi connectivity index (χ3n) is 3.27. The summed E-state index contributed by atoms with van der Waals surface area (Å²) in [4.78, 5) is 25.0. The first-order valence-corrected chi connectivity index (χ1v) is 8.45. The Hall–Kier alpha value is -2.71. The van der Waals surface area contributed by atoms with Gasteiger partial charge in [-0.25, -0.2) is 9.97 Å². The number of nitrogens with zero attached hydrogens (tertiary/aromatic N) is 2. The number of amides is 1. The van der Waals surface area contributed by atoms with Crippen LogP contribution in [0.1, 0.15) is 10.4 Å². The van der Waals surface area contributed by atoms with Gasteiger partial charge < -0.3 is 10.1 Å². The summed E-state index contributed by atoms with van der Waals surface area (Å²) in [6.07, 6.45) is 1.62. The van der Waals surface area contributed by atoms with Crippen LogP contribution in [0.15, 0.2) is 41.2 Å². The fourth-order valence-corrected chi connectivity index (χ4v) is 3.43. The second kappa shape index (κ2) is 5.49. The zero-order chi connectivity index (χ0) is 15.8. The van der Waals surface area contributed by atoms with Gasteiger partial charge in [-0.05, 0) is 23.6 Å². The van der Waals surface area contributed by atoms with Crippen LogP contribution in [0, 0.1) is 0 Å². The molecule has 0 aliphatic carbocycles. The Kier molecular flexibility index (Phi) is 3.32. The molecule has 0 unspecified atom stereocenters. The van der Waals surface area contributed by atoms with E-state index in [1.807, 2.05) is 17.5 Å². The van der Waals surface area contributed by atoms with Crippen molar-refractivity contribution in [2.75, 3.05) is 5.32 Å². The second-order valence-corrected chi connectivity index (χ2v) is 6.55. The highest BCUT2D eigenvalue weighted by Crippen LogP contribution is 2.31. The van der Waals surface area contributed by atoms with Gasteiger partial charge in [-0.2, -0.15) is 0 Å². The van der Waals surface area contributed by atoms with Crippen LogP contribution in [0.3, 0.4) is 0 Å². The minimum atomic E-state index is -0.311. The van der Waals surface area contributed by atoms with Gasteiger partial charge >= 0.3 is 0 Å². The molecular weight excluding hydrogens is 332 g/mol. The van der Waals surface area contributed by atoms with Gasteiger partial charge in [0, 0.05) is 11.6 Å². The molecule has 0 aliphatic heterocycles. The summed E-state index contributed by atoms with van der Waals surface area (Å²) in [5.74, 6) is 0.370. The first-order chi connectivity index (χ1) is 11.2. The van der Waals surface area contributed by atoms with Crippen LogP contribution < -0.4 is 5.32 Å². The number of phenolic OH excluding ortho intramolecular Hbond substituents is 1. The van der Waals surface area contributed by atoms with Crippen molar-refractivity contribution in [3.63, 3.8) is 0 Å². The van der Waals surface area contributed by atoms with Gasteiger partial charge in [0.25, 0.3) is 5.91 Å². The van der Waals surface area contributed by atoms with Crippen molar-refractivity contribution in [2.24, 2.45) is 0 Å². The number of hydrogen-bond donors (Lipinski definition) is 3. The van der Waals surface area contributed by atoms with Crippen molar-refractivity contribution >= 4 is 44.7 Å². The summed E-state index contributed by atoms with van der Waals surface area (Å²) >= 11 is 2.87. The number of aromatic nitrogens is 3. The summed E-state index contributed by atoms with van der Waals surface area (Å²) in [6.45, 7) is 0. The largest absolute Gasteiger partial charge is 0.506 e. The Balaban J connectivity index is 1.80. The highest BCUT2D eigenvalue weighted by molar-refractivity contribution is 7.14. The Labute approximate surface area is 138 Å². The molecule has 23 heavy (non-hydrogen) atoms. The third kappa shape index (κ3) is 2.47. The van der Waals surface area contributed by atoms with Crippen LogP contribution in [-0.4, -0.2) is 26.0 Å². The lowest BCUT2D eigenvalue weighted by Crippen LogP contribution is -2.12. The molecular formula is C15H10N4O2S2. The molecule has 1 aromatic carbocycles. The number of benzene rings is 1. The maximum atomic E-state index is 12.5. The van der Waals surface area contributed by atoms with E-state index in [9.17, 15) is 9.90 Å². The van der Waals surface area contributed by atoms with Gasteiger partial charge in [0.05, 0.1) is 10.4 Å². The average molecular weight is 342 g/mol. The third-order valence-corrected chi connectivity index (χ3v) is 4.84. The number of rotatable bonds is 3. The van der Waals surface area contributed by atoms with Crippen LogP contribution in [0.2, 0.25) is 0 Å². The van der Waals surface area contributed by atoms with E-state index in [1.165, 1.54) is 28.7 Å². The second-order valence-electron chi connectivity index (χ2n) is 4.71. The number of thiazole rings is 1. The monoisotopic (exact) mass is 342 g/mol. The Morgan fingerprint density at radius 1 is 1.22 bits per heavy atom. The number of nitrogens with one attached hydrogen (secondary N) is 2. The number of hydrogen-bond acceptors (Lipinski definition) is 6. The van der Waals surface area contributed by atoms with Crippen LogP contribution in [0.25, 0.3) is 21.7 Å². The molecule has 3 aromatic heterocycles. The number of thiophene rings is 1. The molecule has 1 amide bonds. The quantitative estimate of drug-likeness (QED) is 0.529. The first-order valence-electron chi connectivity index (χ1n) is 6.69. The van der Waals surface area contributed by atoms with E-state index in [0.717, 1.165) is 4.88 Å². The smallest absolute Gasteiger partial charge is 0.259 e. The van der Waals surface area contributed by atoms with E-state index in [0.29, 0.717) is 27.6 Å². The number of phenols is 1. The van der Waals surface area contributed by atoms with Crippen molar-refractivity contribution in [2.45, 2.75) is 0 Å². The Morgan fingerprint density at radius 2 is 2.13 bits per heavy atom. The predicted molar refractivity (Wildman–Crippen MR) is 91.1 cm³/mol. The summed E-state index contributed by atoms with van der Waals surface area (Å²) in [6, 6.07) is 6.88. The highest BCUT2D eigenvalue weighted by Gasteiger charge is 2.18. The SMILES string of the molecule is O=C(Nc1nccs1)c1ccc(O)c2[nH]c(-c3cccs3)nc12. The maximum absolute atomic E-state index is 12.5. The van der Waals surface area contributed by atoms with Crippen molar-refractivity contribution in [3.05, 3.63) is 46.8 Å². The molecule has 4 rings (SSSR count). The maximum Gasteiger partial charge on any atom is 0.259 e. The summed E-state index contributed by atoms with van der Waals surface area (Å²) in [7, 11) is 0. The van der Waals surface area contributed by atoms with E-state index < -0.39 is 0 Å².